The molecule has 22 heavy (non-hydrogen) atoms. The topological polar surface area (TPSA) is 28.6 Å². The molecule has 4 rings (SSSR count). The molecule has 1 aromatic carbocycles. The lowest BCUT2D eigenvalue weighted by Gasteiger charge is -2.31. The molecule has 0 spiro atoms. The van der Waals surface area contributed by atoms with E-state index in [0.717, 1.165) is 44.2 Å². The summed E-state index contributed by atoms with van der Waals surface area (Å²) in [6.07, 6.45) is 0. The largest absolute Gasteiger partial charge is 0.379 e. The molecule has 4 heteroatoms. The van der Waals surface area contributed by atoms with Crippen LogP contribution in [-0.2, 0) is 4.74 Å². The van der Waals surface area contributed by atoms with E-state index >= 15 is 0 Å². The summed E-state index contributed by atoms with van der Waals surface area (Å²) in [5.74, 6) is 1.68. The van der Waals surface area contributed by atoms with E-state index in [0.29, 0.717) is 12.0 Å². The van der Waals surface area contributed by atoms with Gasteiger partial charge in [-0.2, -0.15) is 0 Å². The van der Waals surface area contributed by atoms with Crippen molar-refractivity contribution in [2.75, 3.05) is 44.8 Å². The van der Waals surface area contributed by atoms with Gasteiger partial charge in [0.05, 0.1) is 24.8 Å². The first-order valence-electron chi connectivity index (χ1n) is 8.10. The van der Waals surface area contributed by atoms with Crippen LogP contribution >= 0.6 is 0 Å². The number of ether oxygens (including phenoxy) is 1. The van der Waals surface area contributed by atoms with Gasteiger partial charge >= 0.3 is 0 Å². The Balaban J connectivity index is 1.72. The summed E-state index contributed by atoms with van der Waals surface area (Å²) in [4.78, 5) is 9.83. The van der Waals surface area contributed by atoms with E-state index in [2.05, 4.69) is 54.1 Å². The maximum absolute atomic E-state index is 5.82. The minimum atomic E-state index is 0.459. The molecule has 0 unspecified atom stereocenters. The third-order valence-electron chi connectivity index (χ3n) is 4.98. The second-order valence-corrected chi connectivity index (χ2v) is 6.72. The third kappa shape index (κ3) is 2.46. The molecular formula is C18H23N3O. The zero-order chi connectivity index (χ0) is 15.1. The monoisotopic (exact) mass is 297 g/mol. The van der Waals surface area contributed by atoms with Crippen molar-refractivity contribution in [2.45, 2.75) is 13.0 Å². The number of hydrogen-bond donors (Lipinski definition) is 0. The highest BCUT2D eigenvalue weighted by Gasteiger charge is 2.31. The SMILES string of the molecule is Cc1cc(N2C[C@@H]3COC[C@H](C2)N(C)C3)nc2ccccc12. The molecule has 2 aliphatic rings. The minimum absolute atomic E-state index is 0.459. The van der Waals surface area contributed by atoms with Crippen LogP contribution < -0.4 is 4.90 Å². The molecule has 3 heterocycles. The smallest absolute Gasteiger partial charge is 0.129 e. The van der Waals surface area contributed by atoms with Gasteiger partial charge in [0.25, 0.3) is 0 Å². The number of aryl methyl sites for hydroxylation is 1. The van der Waals surface area contributed by atoms with Crippen LogP contribution in [0.1, 0.15) is 5.56 Å². The molecule has 0 radical (unpaired) electrons. The summed E-state index contributed by atoms with van der Waals surface area (Å²) in [6.45, 7) is 7.03. The first-order valence-corrected chi connectivity index (χ1v) is 8.10. The number of benzene rings is 1. The average molecular weight is 297 g/mol. The maximum atomic E-state index is 5.82. The molecule has 0 saturated carbocycles. The van der Waals surface area contributed by atoms with Crippen molar-refractivity contribution in [1.29, 1.82) is 0 Å². The predicted molar refractivity (Wildman–Crippen MR) is 89.4 cm³/mol. The number of aromatic nitrogens is 1. The Morgan fingerprint density at radius 1 is 1.14 bits per heavy atom. The van der Waals surface area contributed by atoms with Crippen molar-refractivity contribution in [1.82, 2.24) is 9.88 Å². The van der Waals surface area contributed by atoms with Crippen molar-refractivity contribution in [3.05, 3.63) is 35.9 Å². The second kappa shape index (κ2) is 5.52. The zero-order valence-corrected chi connectivity index (χ0v) is 13.3. The van der Waals surface area contributed by atoms with Crippen LogP contribution in [-0.4, -0.2) is 55.8 Å². The normalized spacial score (nSPS) is 26.2. The highest BCUT2D eigenvalue weighted by atomic mass is 16.5. The number of rotatable bonds is 1. The fourth-order valence-corrected chi connectivity index (χ4v) is 3.73. The van der Waals surface area contributed by atoms with Gasteiger partial charge in [-0.1, -0.05) is 18.2 Å². The van der Waals surface area contributed by atoms with Gasteiger partial charge in [-0.25, -0.2) is 4.98 Å². The van der Waals surface area contributed by atoms with E-state index in [1.165, 1.54) is 10.9 Å². The maximum Gasteiger partial charge on any atom is 0.129 e. The van der Waals surface area contributed by atoms with Gasteiger partial charge in [-0.15, -0.1) is 0 Å². The minimum Gasteiger partial charge on any atom is -0.379 e. The highest BCUT2D eigenvalue weighted by Crippen LogP contribution is 2.26. The van der Waals surface area contributed by atoms with Crippen molar-refractivity contribution >= 4 is 16.7 Å². The standard InChI is InChI=1S/C18H23N3O/c1-13-7-18(19-17-6-4-3-5-16(13)17)21-9-14-8-20(2)15(10-21)12-22-11-14/h3-7,14-15H,8-12H2,1-2H3/t14-,15+/m1/s1. The van der Waals surface area contributed by atoms with E-state index in [1.54, 1.807) is 0 Å². The Bertz CT molecular complexity index is 687. The number of pyridine rings is 1. The molecule has 2 atom stereocenters. The summed E-state index contributed by atoms with van der Waals surface area (Å²) in [7, 11) is 2.22. The van der Waals surface area contributed by atoms with Crippen LogP contribution in [0.4, 0.5) is 5.82 Å². The van der Waals surface area contributed by atoms with Crippen LogP contribution in [0.2, 0.25) is 0 Å². The number of anilines is 1. The molecule has 2 aromatic rings. The highest BCUT2D eigenvalue weighted by molar-refractivity contribution is 5.83. The first kappa shape index (κ1) is 14.0. The van der Waals surface area contributed by atoms with Crippen molar-refractivity contribution in [3.63, 3.8) is 0 Å². The lowest BCUT2D eigenvalue weighted by Crippen LogP contribution is -2.42. The summed E-state index contributed by atoms with van der Waals surface area (Å²) in [5, 5.41) is 1.25. The Labute approximate surface area is 131 Å². The summed E-state index contributed by atoms with van der Waals surface area (Å²) in [6, 6.07) is 11.1. The first-order chi connectivity index (χ1) is 10.7. The summed E-state index contributed by atoms with van der Waals surface area (Å²) >= 11 is 0. The average Bonchev–Trinajstić information content (AvgIpc) is 2.75. The van der Waals surface area contributed by atoms with E-state index in [-0.39, 0.29) is 0 Å². The Hall–Kier alpha value is -1.65. The van der Waals surface area contributed by atoms with Crippen LogP contribution in [0.5, 0.6) is 0 Å². The second-order valence-electron chi connectivity index (χ2n) is 6.72. The van der Waals surface area contributed by atoms with E-state index in [1.807, 2.05) is 0 Å². The zero-order valence-electron chi connectivity index (χ0n) is 13.3. The summed E-state index contributed by atoms with van der Waals surface area (Å²) in [5.41, 5.74) is 2.40. The molecule has 2 fully saturated rings. The van der Waals surface area contributed by atoms with Gasteiger partial charge in [-0.05, 0) is 31.7 Å². The molecular weight excluding hydrogens is 274 g/mol. The van der Waals surface area contributed by atoms with E-state index < -0.39 is 0 Å². The van der Waals surface area contributed by atoms with Gasteiger partial charge in [0, 0.05) is 30.9 Å². The summed E-state index contributed by atoms with van der Waals surface area (Å²) < 4.78 is 5.82. The van der Waals surface area contributed by atoms with Gasteiger partial charge in [-0.3, -0.25) is 4.90 Å². The van der Waals surface area contributed by atoms with Crippen molar-refractivity contribution in [2.24, 2.45) is 5.92 Å². The number of hydrogen-bond acceptors (Lipinski definition) is 4. The fraction of sp³-hybridized carbons (Fsp3) is 0.500. The molecule has 0 aliphatic carbocycles. The number of fused-ring (bicyclic) bond motifs is 4. The number of para-hydroxylation sites is 1. The number of likely N-dealkylation sites (N-methyl/N-ethyl adjacent to an activating group) is 1. The lowest BCUT2D eigenvalue weighted by molar-refractivity contribution is 0.0930. The lowest BCUT2D eigenvalue weighted by atomic mass is 10.1. The molecule has 0 N–H and O–H groups in total. The van der Waals surface area contributed by atoms with E-state index in [9.17, 15) is 0 Å². The Kier molecular flexibility index (Phi) is 3.51. The third-order valence-corrected chi connectivity index (χ3v) is 4.98. The van der Waals surface area contributed by atoms with Crippen LogP contribution in [0.15, 0.2) is 30.3 Å². The van der Waals surface area contributed by atoms with Crippen LogP contribution in [0.3, 0.4) is 0 Å². The Morgan fingerprint density at radius 2 is 2.00 bits per heavy atom. The molecule has 116 valence electrons. The predicted octanol–water partition coefficient (Wildman–Crippen LogP) is 2.31. The molecule has 2 aliphatic heterocycles. The Morgan fingerprint density at radius 3 is 2.91 bits per heavy atom. The van der Waals surface area contributed by atoms with Gasteiger partial charge in [0.1, 0.15) is 5.82 Å². The van der Waals surface area contributed by atoms with Crippen LogP contribution in [0, 0.1) is 12.8 Å². The van der Waals surface area contributed by atoms with Crippen molar-refractivity contribution in [3.8, 4) is 0 Å². The van der Waals surface area contributed by atoms with Gasteiger partial charge in [0.15, 0.2) is 0 Å². The molecule has 4 nitrogen and oxygen atoms in total. The fourth-order valence-electron chi connectivity index (χ4n) is 3.73. The molecule has 1 aromatic heterocycles. The molecule has 0 amide bonds. The molecule has 2 saturated heterocycles. The van der Waals surface area contributed by atoms with Gasteiger partial charge in [0.2, 0.25) is 0 Å². The van der Waals surface area contributed by atoms with Crippen molar-refractivity contribution < 1.29 is 4.74 Å². The van der Waals surface area contributed by atoms with Gasteiger partial charge < -0.3 is 9.64 Å². The van der Waals surface area contributed by atoms with E-state index in [4.69, 9.17) is 9.72 Å². The number of nitrogens with zero attached hydrogens (tertiary/aromatic N) is 3. The van der Waals surface area contributed by atoms with Crippen LogP contribution in [0.25, 0.3) is 10.9 Å². The quantitative estimate of drug-likeness (QED) is 0.807. The molecule has 2 bridgehead atoms.